The molecule has 1 saturated carbocycles. The minimum absolute atomic E-state index is 0.309. The van der Waals surface area contributed by atoms with Crippen LogP contribution in [-0.2, 0) is 11.2 Å². The predicted octanol–water partition coefficient (Wildman–Crippen LogP) is 3.87. The van der Waals surface area contributed by atoms with E-state index >= 15 is 0 Å². The topological polar surface area (TPSA) is 64.2 Å². The smallest absolute Gasteiger partial charge is 0.359 e. The Morgan fingerprint density at radius 2 is 2.22 bits per heavy atom. The largest absolute Gasteiger partial charge is 0.490 e. The molecule has 122 valence electrons. The Morgan fingerprint density at radius 1 is 1.39 bits per heavy atom. The molecule has 1 aromatic carbocycles. The van der Waals surface area contributed by atoms with Crippen LogP contribution in [0, 0.1) is 0 Å². The summed E-state index contributed by atoms with van der Waals surface area (Å²) < 4.78 is 12.1. The highest BCUT2D eigenvalue weighted by Gasteiger charge is 2.22. The molecule has 1 aliphatic rings. The summed E-state index contributed by atoms with van der Waals surface area (Å²) in [6, 6.07) is 5.97. The van der Waals surface area contributed by atoms with Gasteiger partial charge in [0.15, 0.2) is 5.69 Å². The van der Waals surface area contributed by atoms with Crippen molar-refractivity contribution < 1.29 is 14.3 Å². The van der Waals surface area contributed by atoms with Crippen LogP contribution in [0.2, 0.25) is 0 Å². The van der Waals surface area contributed by atoms with Crippen LogP contribution >= 0.6 is 15.9 Å². The molecule has 0 unspecified atom stereocenters. The summed E-state index contributed by atoms with van der Waals surface area (Å²) in [5.41, 5.74) is 2.17. The maximum absolute atomic E-state index is 12.0. The number of carbonyl (C=O) groups excluding carboxylic acids is 1. The van der Waals surface area contributed by atoms with Crippen molar-refractivity contribution in [2.75, 3.05) is 6.61 Å². The number of carbonyl (C=O) groups is 1. The first-order chi connectivity index (χ1) is 11.2. The monoisotopic (exact) mass is 378 g/mol. The average molecular weight is 379 g/mol. The summed E-state index contributed by atoms with van der Waals surface area (Å²) in [5, 5.41) is 6.77. The van der Waals surface area contributed by atoms with Gasteiger partial charge in [0.05, 0.1) is 12.7 Å². The third-order valence-electron chi connectivity index (χ3n) is 3.94. The van der Waals surface area contributed by atoms with Gasteiger partial charge in [-0.3, -0.25) is 5.10 Å². The van der Waals surface area contributed by atoms with E-state index in [0.29, 0.717) is 24.8 Å². The van der Waals surface area contributed by atoms with Crippen molar-refractivity contribution in [1.82, 2.24) is 10.2 Å². The maximum atomic E-state index is 12.0. The second-order valence-electron chi connectivity index (χ2n) is 5.58. The highest BCUT2D eigenvalue weighted by atomic mass is 79.9. The van der Waals surface area contributed by atoms with Gasteiger partial charge in [0, 0.05) is 22.7 Å². The van der Waals surface area contributed by atoms with Crippen LogP contribution < -0.4 is 4.74 Å². The number of ether oxygens (including phenoxy) is 2. The number of H-pyrrole nitrogens is 1. The van der Waals surface area contributed by atoms with Crippen LogP contribution in [0.4, 0.5) is 0 Å². The number of halogens is 1. The van der Waals surface area contributed by atoms with Crippen molar-refractivity contribution >= 4 is 21.9 Å². The van der Waals surface area contributed by atoms with E-state index in [4.69, 9.17) is 9.47 Å². The standard InChI is InChI=1S/C17H19BrN2O3/c1-2-22-17(21)16-12(10-19-20-16)8-11-9-13(18)6-7-15(11)23-14-4-3-5-14/h6-7,9-10,14H,2-5,8H2,1H3,(H,19,20). The summed E-state index contributed by atoms with van der Waals surface area (Å²) in [5.74, 6) is 0.467. The zero-order valence-corrected chi connectivity index (χ0v) is 14.6. The number of benzene rings is 1. The molecule has 5 nitrogen and oxygen atoms in total. The minimum atomic E-state index is -0.403. The van der Waals surface area contributed by atoms with Crippen molar-refractivity contribution in [2.24, 2.45) is 0 Å². The predicted molar refractivity (Wildman–Crippen MR) is 89.8 cm³/mol. The summed E-state index contributed by atoms with van der Waals surface area (Å²) in [6.45, 7) is 2.11. The quantitative estimate of drug-likeness (QED) is 0.774. The van der Waals surface area contributed by atoms with Crippen molar-refractivity contribution in [1.29, 1.82) is 0 Å². The fourth-order valence-electron chi connectivity index (χ4n) is 2.50. The van der Waals surface area contributed by atoms with E-state index in [9.17, 15) is 4.79 Å². The summed E-state index contributed by atoms with van der Waals surface area (Å²) >= 11 is 3.50. The fraction of sp³-hybridized carbons (Fsp3) is 0.412. The Kier molecular flexibility index (Phi) is 5.00. The molecule has 3 rings (SSSR count). The van der Waals surface area contributed by atoms with E-state index in [1.807, 2.05) is 18.2 Å². The van der Waals surface area contributed by atoms with Crippen molar-refractivity contribution in [2.45, 2.75) is 38.7 Å². The number of nitrogens with one attached hydrogen (secondary N) is 1. The van der Waals surface area contributed by atoms with Gasteiger partial charge < -0.3 is 9.47 Å². The van der Waals surface area contributed by atoms with E-state index in [0.717, 1.165) is 34.2 Å². The first-order valence-electron chi connectivity index (χ1n) is 7.82. The van der Waals surface area contributed by atoms with Crippen LogP contribution in [0.25, 0.3) is 0 Å². The second-order valence-corrected chi connectivity index (χ2v) is 6.49. The molecule has 0 radical (unpaired) electrons. The summed E-state index contributed by atoms with van der Waals surface area (Å²) in [6.07, 6.45) is 6.05. The number of hydrogen-bond donors (Lipinski definition) is 1. The van der Waals surface area contributed by atoms with Gasteiger partial charge in [-0.05, 0) is 49.9 Å². The van der Waals surface area contributed by atoms with Crippen LogP contribution in [-0.4, -0.2) is 28.9 Å². The van der Waals surface area contributed by atoms with Crippen LogP contribution in [0.3, 0.4) is 0 Å². The molecule has 1 heterocycles. The molecule has 1 aliphatic carbocycles. The number of hydrogen-bond acceptors (Lipinski definition) is 4. The van der Waals surface area contributed by atoms with Gasteiger partial charge in [-0.1, -0.05) is 15.9 Å². The van der Waals surface area contributed by atoms with Gasteiger partial charge >= 0.3 is 5.97 Å². The zero-order valence-electron chi connectivity index (χ0n) is 13.0. The van der Waals surface area contributed by atoms with E-state index in [1.54, 1.807) is 13.1 Å². The van der Waals surface area contributed by atoms with Gasteiger partial charge in [-0.15, -0.1) is 0 Å². The molecule has 23 heavy (non-hydrogen) atoms. The highest BCUT2D eigenvalue weighted by Crippen LogP contribution is 2.31. The van der Waals surface area contributed by atoms with Gasteiger partial charge in [-0.25, -0.2) is 4.79 Å². The number of esters is 1. The number of aromatic amines is 1. The van der Waals surface area contributed by atoms with Gasteiger partial charge in [0.1, 0.15) is 5.75 Å². The summed E-state index contributed by atoms with van der Waals surface area (Å²) in [4.78, 5) is 12.0. The number of nitrogens with zero attached hydrogens (tertiary/aromatic N) is 1. The minimum Gasteiger partial charge on any atom is -0.490 e. The molecule has 0 spiro atoms. The lowest BCUT2D eigenvalue weighted by Gasteiger charge is -2.27. The summed E-state index contributed by atoms with van der Waals surface area (Å²) in [7, 11) is 0. The molecule has 6 heteroatoms. The Hall–Kier alpha value is -1.82. The molecule has 0 saturated heterocycles. The Bertz CT molecular complexity index is 695. The number of rotatable bonds is 6. The zero-order chi connectivity index (χ0) is 16.2. The first-order valence-corrected chi connectivity index (χ1v) is 8.61. The van der Waals surface area contributed by atoms with Crippen molar-refractivity contribution in [3.63, 3.8) is 0 Å². The van der Waals surface area contributed by atoms with E-state index in [-0.39, 0.29) is 0 Å². The normalized spacial score (nSPS) is 14.3. The lowest BCUT2D eigenvalue weighted by atomic mass is 9.96. The van der Waals surface area contributed by atoms with Crippen molar-refractivity contribution in [3.8, 4) is 5.75 Å². The molecular weight excluding hydrogens is 360 g/mol. The molecule has 0 bridgehead atoms. The van der Waals surface area contributed by atoms with E-state index < -0.39 is 5.97 Å². The second kappa shape index (κ2) is 7.17. The lowest BCUT2D eigenvalue weighted by molar-refractivity contribution is 0.0518. The van der Waals surface area contributed by atoms with E-state index in [1.165, 1.54) is 6.42 Å². The molecule has 0 atom stereocenters. The van der Waals surface area contributed by atoms with Gasteiger partial charge in [0.2, 0.25) is 0 Å². The van der Waals surface area contributed by atoms with Gasteiger partial charge in [0.25, 0.3) is 0 Å². The fourth-order valence-corrected chi connectivity index (χ4v) is 2.91. The maximum Gasteiger partial charge on any atom is 0.359 e. The Labute approximate surface area is 143 Å². The SMILES string of the molecule is CCOC(=O)c1n[nH]cc1Cc1cc(Br)ccc1OC1CCC1. The number of aromatic nitrogens is 2. The average Bonchev–Trinajstić information content (AvgIpc) is 2.93. The first kappa shape index (κ1) is 16.1. The third-order valence-corrected chi connectivity index (χ3v) is 4.43. The molecular formula is C17H19BrN2O3. The molecule has 1 aromatic heterocycles. The third kappa shape index (κ3) is 3.75. The van der Waals surface area contributed by atoms with Crippen LogP contribution in [0.1, 0.15) is 47.8 Å². The molecule has 1 N–H and O–H groups in total. The van der Waals surface area contributed by atoms with E-state index in [2.05, 4.69) is 26.1 Å². The van der Waals surface area contributed by atoms with Gasteiger partial charge in [-0.2, -0.15) is 5.10 Å². The highest BCUT2D eigenvalue weighted by molar-refractivity contribution is 9.10. The van der Waals surface area contributed by atoms with Crippen molar-refractivity contribution in [3.05, 3.63) is 45.7 Å². The Balaban J connectivity index is 1.83. The molecule has 1 fully saturated rings. The lowest BCUT2D eigenvalue weighted by Crippen LogP contribution is -2.25. The van der Waals surface area contributed by atoms with Crippen LogP contribution in [0.5, 0.6) is 5.75 Å². The molecule has 2 aromatic rings. The Morgan fingerprint density at radius 3 is 2.91 bits per heavy atom. The van der Waals surface area contributed by atoms with Crippen LogP contribution in [0.15, 0.2) is 28.9 Å². The molecule has 0 aliphatic heterocycles. The molecule has 0 amide bonds.